The summed E-state index contributed by atoms with van der Waals surface area (Å²) in [4.78, 5) is 26.4. The van der Waals surface area contributed by atoms with Crippen molar-refractivity contribution >= 4 is 18.1 Å². The highest BCUT2D eigenvalue weighted by atomic mass is 19.4. The summed E-state index contributed by atoms with van der Waals surface area (Å²) in [5.74, 6) is -1.44. The van der Waals surface area contributed by atoms with E-state index in [-0.39, 0.29) is 18.8 Å². The van der Waals surface area contributed by atoms with Gasteiger partial charge in [0, 0.05) is 6.20 Å². The van der Waals surface area contributed by atoms with Gasteiger partial charge >= 0.3 is 6.18 Å². The van der Waals surface area contributed by atoms with Crippen LogP contribution in [0.15, 0.2) is 18.3 Å². The molecule has 0 bridgehead atoms. The lowest BCUT2D eigenvalue weighted by Crippen LogP contribution is -2.40. The molecule has 0 saturated carbocycles. The zero-order valence-electron chi connectivity index (χ0n) is 13.7. The minimum atomic E-state index is -4.52. The number of carbonyl (C=O) groups is 2. The molecule has 1 aromatic heterocycles. The van der Waals surface area contributed by atoms with Crippen LogP contribution in [0.1, 0.15) is 38.2 Å². The Kier molecular flexibility index (Phi) is 8.12. The minimum Gasteiger partial charge on any atom is -0.286 e. The van der Waals surface area contributed by atoms with E-state index in [1.807, 2.05) is 6.92 Å². The van der Waals surface area contributed by atoms with Gasteiger partial charge < -0.3 is 0 Å². The Morgan fingerprint density at radius 2 is 2.16 bits per heavy atom. The Bertz CT molecular complexity index is 569. The van der Waals surface area contributed by atoms with Crippen molar-refractivity contribution in [1.82, 2.24) is 15.5 Å². The van der Waals surface area contributed by atoms with E-state index < -0.39 is 23.6 Å². The lowest BCUT2D eigenvalue weighted by molar-refractivity contribution is -0.154. The molecule has 140 valence electrons. The van der Waals surface area contributed by atoms with Crippen molar-refractivity contribution in [3.05, 3.63) is 23.9 Å². The third kappa shape index (κ3) is 7.38. The fourth-order valence-electron chi connectivity index (χ4n) is 2.12. The fourth-order valence-corrected chi connectivity index (χ4v) is 2.12. The third-order valence-electron chi connectivity index (χ3n) is 3.46. The lowest BCUT2D eigenvalue weighted by Gasteiger charge is -2.20. The molecule has 0 spiro atoms. The Balaban J connectivity index is 2.68. The molecular formula is C15H21F3N4O3. The summed E-state index contributed by atoms with van der Waals surface area (Å²) in [6.45, 7) is 1.77. The number of hydroxylamine groups is 2. The van der Waals surface area contributed by atoms with E-state index in [1.165, 1.54) is 0 Å². The van der Waals surface area contributed by atoms with Crippen LogP contribution in [0, 0.1) is 5.92 Å². The molecule has 0 aromatic carbocycles. The van der Waals surface area contributed by atoms with E-state index in [2.05, 4.69) is 15.8 Å². The predicted octanol–water partition coefficient (Wildman–Crippen LogP) is 2.59. The molecular weight excluding hydrogens is 341 g/mol. The number of alkyl halides is 3. The maximum absolute atomic E-state index is 12.6. The van der Waals surface area contributed by atoms with Crippen molar-refractivity contribution in [1.29, 1.82) is 0 Å². The fraction of sp³-hybridized carbons (Fsp3) is 0.533. The molecule has 1 aromatic rings. The highest BCUT2D eigenvalue weighted by molar-refractivity contribution is 5.80. The Morgan fingerprint density at radius 1 is 1.44 bits per heavy atom. The zero-order valence-corrected chi connectivity index (χ0v) is 13.7. The molecule has 1 atom stereocenters. The zero-order chi connectivity index (χ0) is 18.9. The quantitative estimate of drug-likeness (QED) is 0.257. The summed E-state index contributed by atoms with van der Waals surface area (Å²) >= 11 is 0. The van der Waals surface area contributed by atoms with Crippen LogP contribution in [0.3, 0.4) is 0 Å². The van der Waals surface area contributed by atoms with Gasteiger partial charge in [0.25, 0.3) is 0 Å². The first-order chi connectivity index (χ1) is 11.8. The second-order valence-corrected chi connectivity index (χ2v) is 5.46. The SMILES string of the molecule is CCCCC[C@H](CN(O)C=O)C(=O)NNc1cc(C(F)(F)F)ccn1. The topological polar surface area (TPSA) is 94.6 Å². The lowest BCUT2D eigenvalue weighted by atomic mass is 10.0. The predicted molar refractivity (Wildman–Crippen MR) is 83.2 cm³/mol. The van der Waals surface area contributed by atoms with E-state index in [1.54, 1.807) is 0 Å². The molecule has 0 aliphatic heterocycles. The number of carbonyl (C=O) groups excluding carboxylic acids is 2. The summed E-state index contributed by atoms with van der Waals surface area (Å²) in [6.07, 6.45) is -0.436. The Labute approximate surface area is 143 Å². The second kappa shape index (κ2) is 9.82. The molecule has 1 rings (SSSR count). The number of hydrogen-bond donors (Lipinski definition) is 3. The molecule has 0 radical (unpaired) electrons. The van der Waals surface area contributed by atoms with Crippen molar-refractivity contribution in [2.75, 3.05) is 12.0 Å². The molecule has 0 aliphatic carbocycles. The van der Waals surface area contributed by atoms with E-state index in [9.17, 15) is 28.0 Å². The maximum atomic E-state index is 12.6. The van der Waals surface area contributed by atoms with Crippen molar-refractivity contribution in [3.63, 3.8) is 0 Å². The van der Waals surface area contributed by atoms with Gasteiger partial charge in [-0.05, 0) is 18.6 Å². The molecule has 10 heteroatoms. The minimum absolute atomic E-state index is 0.174. The average Bonchev–Trinajstić information content (AvgIpc) is 2.58. The second-order valence-electron chi connectivity index (χ2n) is 5.46. The monoisotopic (exact) mass is 362 g/mol. The number of aromatic nitrogens is 1. The summed E-state index contributed by atoms with van der Waals surface area (Å²) in [6, 6.07) is 1.57. The van der Waals surface area contributed by atoms with E-state index in [0.29, 0.717) is 17.9 Å². The van der Waals surface area contributed by atoms with Crippen LogP contribution in [-0.4, -0.2) is 34.1 Å². The molecule has 0 aliphatic rings. The molecule has 0 saturated heterocycles. The normalized spacial score (nSPS) is 12.4. The van der Waals surface area contributed by atoms with Gasteiger partial charge in [0.05, 0.1) is 18.0 Å². The van der Waals surface area contributed by atoms with Gasteiger partial charge in [-0.2, -0.15) is 13.2 Å². The van der Waals surface area contributed by atoms with Crippen LogP contribution in [0.25, 0.3) is 0 Å². The van der Waals surface area contributed by atoms with Crippen molar-refractivity contribution in [2.45, 2.75) is 38.8 Å². The first kappa shape index (κ1) is 20.7. The molecule has 0 fully saturated rings. The molecule has 2 amide bonds. The number of halogens is 3. The van der Waals surface area contributed by atoms with Crippen molar-refractivity contribution in [3.8, 4) is 0 Å². The molecule has 7 nitrogen and oxygen atoms in total. The number of hydrogen-bond acceptors (Lipinski definition) is 5. The number of rotatable bonds is 10. The summed E-state index contributed by atoms with van der Waals surface area (Å²) in [5.41, 5.74) is 3.68. The third-order valence-corrected chi connectivity index (χ3v) is 3.46. The van der Waals surface area contributed by atoms with Crippen LogP contribution in [0.5, 0.6) is 0 Å². The van der Waals surface area contributed by atoms with Crippen LogP contribution in [-0.2, 0) is 15.8 Å². The van der Waals surface area contributed by atoms with Gasteiger partial charge in [-0.1, -0.05) is 26.2 Å². The summed E-state index contributed by atoms with van der Waals surface area (Å²) < 4.78 is 37.9. The first-order valence-electron chi connectivity index (χ1n) is 7.77. The molecule has 25 heavy (non-hydrogen) atoms. The number of amides is 2. The number of pyridine rings is 1. The Hall–Kier alpha value is -2.36. The van der Waals surface area contributed by atoms with E-state index in [4.69, 9.17) is 0 Å². The smallest absolute Gasteiger partial charge is 0.286 e. The van der Waals surface area contributed by atoms with E-state index in [0.717, 1.165) is 31.2 Å². The largest absolute Gasteiger partial charge is 0.416 e. The van der Waals surface area contributed by atoms with Gasteiger partial charge in [0.2, 0.25) is 12.3 Å². The van der Waals surface area contributed by atoms with Gasteiger partial charge in [0.1, 0.15) is 5.82 Å². The molecule has 1 heterocycles. The number of anilines is 1. The number of nitrogens with zero attached hydrogens (tertiary/aromatic N) is 2. The first-order valence-corrected chi connectivity index (χ1v) is 7.77. The van der Waals surface area contributed by atoms with Gasteiger partial charge in [-0.3, -0.25) is 25.6 Å². The summed E-state index contributed by atoms with van der Waals surface area (Å²) in [5, 5.41) is 9.63. The van der Waals surface area contributed by atoms with Crippen molar-refractivity contribution < 1.29 is 28.0 Å². The summed E-state index contributed by atoms with van der Waals surface area (Å²) in [7, 11) is 0. The number of hydrazine groups is 1. The maximum Gasteiger partial charge on any atom is 0.416 e. The highest BCUT2D eigenvalue weighted by Crippen LogP contribution is 2.29. The molecule has 3 N–H and O–H groups in total. The van der Waals surface area contributed by atoms with Crippen LogP contribution in [0.4, 0.5) is 19.0 Å². The number of unbranched alkanes of at least 4 members (excludes halogenated alkanes) is 2. The van der Waals surface area contributed by atoms with E-state index >= 15 is 0 Å². The standard InChI is InChI=1S/C15H21F3N4O3/c1-2-3-4-5-11(9-22(25)10-23)14(24)21-20-13-8-12(6-7-19-13)15(16,17)18/h6-8,10-11,25H,2-5,9H2,1H3,(H,19,20)(H,21,24)/t11-/m1/s1. The number of nitrogens with one attached hydrogen (secondary N) is 2. The van der Waals surface area contributed by atoms with Crippen LogP contribution >= 0.6 is 0 Å². The van der Waals surface area contributed by atoms with Gasteiger partial charge in [-0.25, -0.2) is 10.0 Å². The average molecular weight is 362 g/mol. The molecule has 0 unspecified atom stereocenters. The Morgan fingerprint density at radius 3 is 2.76 bits per heavy atom. The highest BCUT2D eigenvalue weighted by Gasteiger charge is 2.30. The van der Waals surface area contributed by atoms with Gasteiger partial charge in [0.15, 0.2) is 0 Å². The van der Waals surface area contributed by atoms with Crippen molar-refractivity contribution in [2.24, 2.45) is 5.92 Å². The van der Waals surface area contributed by atoms with Gasteiger partial charge in [-0.15, -0.1) is 0 Å². The van der Waals surface area contributed by atoms with Crippen LogP contribution < -0.4 is 10.9 Å². The van der Waals surface area contributed by atoms with Crippen LogP contribution in [0.2, 0.25) is 0 Å².